The average molecular weight is 619 g/mol. The van der Waals surface area contributed by atoms with Gasteiger partial charge in [0.1, 0.15) is 0 Å². The highest BCUT2D eigenvalue weighted by Gasteiger charge is 2.50. The van der Waals surface area contributed by atoms with Gasteiger partial charge in [0.05, 0.1) is 12.2 Å². The van der Waals surface area contributed by atoms with Crippen LogP contribution in [0.3, 0.4) is 0 Å². The number of hydrogen-bond acceptors (Lipinski definition) is 3. The molecule has 3 aliphatic rings. The van der Waals surface area contributed by atoms with Gasteiger partial charge in [-0.1, -0.05) is 78.7 Å². The van der Waals surface area contributed by atoms with Crippen LogP contribution in [0.15, 0.2) is 23.3 Å². The highest BCUT2D eigenvalue weighted by molar-refractivity contribution is 6.74. The standard InChI is InChI=1S/C36H66O4Si2/c1-26(15-13-17-33(37)38)31-20-21-32-28(16-14-22-36(31,32)8)19-18-27-23-29(39-41(9,10)34(2,3)4)25-30(24-27)40-42(11,12)35(5,6)7/h18-19,26,29-32H,13-17,20-25H2,1-12H3,(H,37,38)/b28-19+/t26-,29-,30-,31-,32+,36-/m1/s1. The molecule has 0 saturated heterocycles. The van der Waals surface area contributed by atoms with Gasteiger partial charge >= 0.3 is 5.97 Å². The first kappa shape index (κ1) is 35.8. The van der Waals surface area contributed by atoms with Crippen molar-refractivity contribution in [1.82, 2.24) is 0 Å². The van der Waals surface area contributed by atoms with E-state index in [-0.39, 0.29) is 22.3 Å². The second kappa shape index (κ2) is 13.3. The number of rotatable bonds is 10. The predicted octanol–water partition coefficient (Wildman–Crippen LogP) is 10.9. The van der Waals surface area contributed by atoms with E-state index in [1.54, 1.807) is 5.57 Å². The van der Waals surface area contributed by atoms with E-state index in [0.717, 1.165) is 32.1 Å². The fraction of sp³-hybridized carbons (Fsp3) is 0.861. The minimum absolute atomic E-state index is 0.197. The quantitative estimate of drug-likeness (QED) is 0.247. The van der Waals surface area contributed by atoms with Gasteiger partial charge in [-0.05, 0) is 124 Å². The molecule has 3 rings (SSSR count). The van der Waals surface area contributed by atoms with Crippen LogP contribution in [0.4, 0.5) is 0 Å². The number of carboxylic acids is 1. The number of aliphatic carboxylic acids is 1. The monoisotopic (exact) mass is 618 g/mol. The summed E-state index contributed by atoms with van der Waals surface area (Å²) in [4.78, 5) is 11.1. The lowest BCUT2D eigenvalue weighted by Gasteiger charge is -2.45. The maximum absolute atomic E-state index is 11.1. The van der Waals surface area contributed by atoms with Crippen LogP contribution in [0.25, 0.3) is 0 Å². The molecule has 3 saturated carbocycles. The largest absolute Gasteiger partial charge is 0.481 e. The zero-order valence-electron chi connectivity index (χ0n) is 29.5. The highest BCUT2D eigenvalue weighted by atomic mass is 28.4. The number of allylic oxidation sites excluding steroid dienone is 3. The van der Waals surface area contributed by atoms with Gasteiger partial charge in [-0.3, -0.25) is 4.79 Å². The molecule has 3 aliphatic carbocycles. The SMILES string of the molecule is C[C@H](CCCC(=O)O)[C@H]1CC[C@H]2/C(=C/C=C3C[C@@H](O[Si](C)(C)C(C)(C)C)C[C@H](O[Si](C)(C)C(C)(C)C)C3)CCC[C@]12C. The van der Waals surface area contributed by atoms with Crippen LogP contribution in [0.5, 0.6) is 0 Å². The Morgan fingerprint density at radius 1 is 0.976 bits per heavy atom. The van der Waals surface area contributed by atoms with Crippen LogP contribution in [0, 0.1) is 23.2 Å². The maximum atomic E-state index is 11.1. The molecule has 0 aromatic rings. The Hall–Kier alpha value is -0.696. The molecule has 0 unspecified atom stereocenters. The normalized spacial score (nSPS) is 31.2. The van der Waals surface area contributed by atoms with Gasteiger partial charge in [0.15, 0.2) is 16.6 Å². The van der Waals surface area contributed by atoms with E-state index in [1.807, 2.05) is 0 Å². The third-order valence-corrected chi connectivity index (χ3v) is 21.4. The van der Waals surface area contributed by atoms with Gasteiger partial charge in [0, 0.05) is 6.42 Å². The van der Waals surface area contributed by atoms with Crippen molar-refractivity contribution in [2.24, 2.45) is 23.2 Å². The minimum Gasteiger partial charge on any atom is -0.481 e. The summed E-state index contributed by atoms with van der Waals surface area (Å²) in [7, 11) is -3.77. The van der Waals surface area contributed by atoms with E-state index in [2.05, 4.69) is 93.7 Å². The molecule has 242 valence electrons. The van der Waals surface area contributed by atoms with E-state index in [0.29, 0.717) is 29.6 Å². The first-order chi connectivity index (χ1) is 19.2. The van der Waals surface area contributed by atoms with E-state index >= 15 is 0 Å². The maximum Gasteiger partial charge on any atom is 0.303 e. The Morgan fingerprint density at radius 3 is 2.02 bits per heavy atom. The fourth-order valence-corrected chi connectivity index (χ4v) is 10.6. The summed E-state index contributed by atoms with van der Waals surface area (Å²) in [5, 5.41) is 9.51. The summed E-state index contributed by atoms with van der Waals surface area (Å²) < 4.78 is 14.1. The van der Waals surface area contributed by atoms with E-state index < -0.39 is 22.6 Å². The molecule has 3 fully saturated rings. The van der Waals surface area contributed by atoms with Gasteiger partial charge < -0.3 is 14.0 Å². The van der Waals surface area contributed by atoms with E-state index in [4.69, 9.17) is 14.0 Å². The van der Waals surface area contributed by atoms with Crippen LogP contribution >= 0.6 is 0 Å². The van der Waals surface area contributed by atoms with Crippen molar-refractivity contribution in [3.63, 3.8) is 0 Å². The number of carbonyl (C=O) groups is 1. The lowest BCUT2D eigenvalue weighted by Crippen LogP contribution is -2.48. The molecule has 0 aromatic heterocycles. The summed E-state index contributed by atoms with van der Waals surface area (Å²) in [6.45, 7) is 28.5. The van der Waals surface area contributed by atoms with Crippen molar-refractivity contribution in [1.29, 1.82) is 0 Å². The van der Waals surface area contributed by atoms with Crippen molar-refractivity contribution in [3.8, 4) is 0 Å². The smallest absolute Gasteiger partial charge is 0.303 e. The fourth-order valence-electron chi connectivity index (χ4n) is 7.85. The highest BCUT2D eigenvalue weighted by Crippen LogP contribution is 2.60. The Balaban J connectivity index is 1.82. The van der Waals surface area contributed by atoms with Crippen molar-refractivity contribution in [2.45, 2.75) is 174 Å². The zero-order valence-corrected chi connectivity index (χ0v) is 31.5. The van der Waals surface area contributed by atoms with Gasteiger partial charge in [0.25, 0.3) is 0 Å². The molecule has 0 spiro atoms. The third kappa shape index (κ3) is 8.51. The van der Waals surface area contributed by atoms with Crippen molar-refractivity contribution in [3.05, 3.63) is 23.3 Å². The van der Waals surface area contributed by atoms with Gasteiger partial charge in [-0.25, -0.2) is 0 Å². The topological polar surface area (TPSA) is 55.8 Å². The zero-order chi connectivity index (χ0) is 31.7. The first-order valence-electron chi connectivity index (χ1n) is 17.1. The summed E-state index contributed by atoms with van der Waals surface area (Å²) in [5.41, 5.74) is 3.51. The Morgan fingerprint density at radius 2 is 1.52 bits per heavy atom. The number of carboxylic acid groups (broad SMARTS) is 1. The Kier molecular flexibility index (Phi) is 11.4. The molecule has 0 bridgehead atoms. The molecule has 6 atom stereocenters. The molecule has 4 nitrogen and oxygen atoms in total. The number of fused-ring (bicyclic) bond motifs is 1. The molecule has 0 radical (unpaired) electrons. The molecule has 0 heterocycles. The molecular weight excluding hydrogens is 553 g/mol. The van der Waals surface area contributed by atoms with Gasteiger partial charge in [-0.15, -0.1) is 0 Å². The Bertz CT molecular complexity index is 961. The minimum atomic E-state index is -1.88. The average Bonchev–Trinajstić information content (AvgIpc) is 3.18. The molecule has 0 amide bonds. The molecular formula is C36H66O4Si2. The molecule has 1 N–H and O–H groups in total. The van der Waals surface area contributed by atoms with Crippen molar-refractivity contribution < 1.29 is 18.8 Å². The summed E-state index contributed by atoms with van der Waals surface area (Å²) in [6.07, 6.45) is 17.0. The molecule has 42 heavy (non-hydrogen) atoms. The molecule has 0 aromatic carbocycles. The van der Waals surface area contributed by atoms with Crippen LogP contribution in [-0.2, 0) is 13.6 Å². The van der Waals surface area contributed by atoms with Crippen molar-refractivity contribution in [2.75, 3.05) is 0 Å². The second-order valence-electron chi connectivity index (χ2n) is 17.6. The van der Waals surface area contributed by atoms with Gasteiger partial charge in [-0.2, -0.15) is 0 Å². The van der Waals surface area contributed by atoms with Crippen LogP contribution in [0.2, 0.25) is 36.3 Å². The first-order valence-corrected chi connectivity index (χ1v) is 22.9. The van der Waals surface area contributed by atoms with Gasteiger partial charge in [0.2, 0.25) is 0 Å². The lowest BCUT2D eigenvalue weighted by atomic mass is 9.60. The van der Waals surface area contributed by atoms with Crippen LogP contribution < -0.4 is 0 Å². The van der Waals surface area contributed by atoms with Crippen molar-refractivity contribution >= 4 is 22.6 Å². The lowest BCUT2D eigenvalue weighted by molar-refractivity contribution is -0.137. The van der Waals surface area contributed by atoms with Crippen LogP contribution in [-0.4, -0.2) is 39.9 Å². The molecule has 0 aliphatic heterocycles. The summed E-state index contributed by atoms with van der Waals surface area (Å²) in [6, 6.07) is 0. The summed E-state index contributed by atoms with van der Waals surface area (Å²) >= 11 is 0. The molecule has 6 heteroatoms. The second-order valence-corrected chi connectivity index (χ2v) is 27.1. The number of hydrogen-bond donors (Lipinski definition) is 1. The Labute approximate surface area is 261 Å². The van der Waals surface area contributed by atoms with Crippen LogP contribution in [0.1, 0.15) is 126 Å². The third-order valence-electron chi connectivity index (χ3n) is 12.3. The predicted molar refractivity (Wildman–Crippen MR) is 183 cm³/mol. The van der Waals surface area contributed by atoms with E-state index in [1.165, 1.54) is 37.7 Å². The van der Waals surface area contributed by atoms with E-state index in [9.17, 15) is 4.79 Å². The summed E-state index contributed by atoms with van der Waals surface area (Å²) in [5.74, 6) is 1.30.